The SMILES string of the molecule is [NH]CCCCCCCCCCCN. The van der Waals surface area contributed by atoms with Gasteiger partial charge >= 0.3 is 0 Å². The van der Waals surface area contributed by atoms with Gasteiger partial charge in [0, 0.05) is 6.54 Å². The number of nitrogens with one attached hydrogen (secondary N) is 1. The van der Waals surface area contributed by atoms with Crippen LogP contribution in [0.25, 0.3) is 0 Å². The van der Waals surface area contributed by atoms with Gasteiger partial charge in [-0.25, -0.2) is 0 Å². The van der Waals surface area contributed by atoms with Crippen molar-refractivity contribution >= 4 is 0 Å². The highest BCUT2D eigenvalue weighted by Crippen LogP contribution is 2.08. The Kier molecular flexibility index (Phi) is 11.8. The Morgan fingerprint density at radius 3 is 1.38 bits per heavy atom. The molecule has 1 radical (unpaired) electrons. The summed E-state index contributed by atoms with van der Waals surface area (Å²) in [6.45, 7) is 1.46. The molecule has 0 bridgehead atoms. The maximum absolute atomic E-state index is 6.98. The van der Waals surface area contributed by atoms with Gasteiger partial charge in [0.05, 0.1) is 0 Å². The van der Waals surface area contributed by atoms with Crippen molar-refractivity contribution in [1.29, 1.82) is 0 Å². The average molecular weight is 185 g/mol. The molecule has 3 N–H and O–H groups in total. The van der Waals surface area contributed by atoms with Crippen LogP contribution < -0.4 is 11.5 Å². The number of unbranched alkanes of at least 4 members (excludes halogenated alkanes) is 8. The van der Waals surface area contributed by atoms with E-state index in [1.807, 2.05) is 0 Å². The summed E-state index contributed by atoms with van der Waals surface area (Å²) in [6, 6.07) is 0. The predicted octanol–water partition coefficient (Wildman–Crippen LogP) is 2.74. The molecule has 13 heavy (non-hydrogen) atoms. The molecule has 0 aliphatic carbocycles. The third-order valence-corrected chi connectivity index (χ3v) is 2.38. The fraction of sp³-hybridized carbons (Fsp3) is 1.00. The normalized spacial score (nSPS) is 10.6. The standard InChI is InChI=1S/C11H25N2/c12-10-8-6-4-2-1-3-5-7-9-11-13/h12H,1-11,13H2. The minimum atomic E-state index is 0.608. The summed E-state index contributed by atoms with van der Waals surface area (Å²) >= 11 is 0. The molecule has 0 spiro atoms. The van der Waals surface area contributed by atoms with E-state index in [1.54, 1.807) is 0 Å². The number of nitrogens with two attached hydrogens (primary N) is 1. The Morgan fingerprint density at radius 1 is 0.615 bits per heavy atom. The van der Waals surface area contributed by atoms with Gasteiger partial charge in [-0.3, -0.25) is 5.73 Å². The molecule has 0 atom stereocenters. The van der Waals surface area contributed by atoms with Crippen molar-refractivity contribution in [3.8, 4) is 0 Å². The van der Waals surface area contributed by atoms with Gasteiger partial charge in [-0.1, -0.05) is 44.9 Å². The van der Waals surface area contributed by atoms with Gasteiger partial charge < -0.3 is 5.73 Å². The second kappa shape index (κ2) is 11.9. The van der Waals surface area contributed by atoms with Gasteiger partial charge in [0.1, 0.15) is 0 Å². The monoisotopic (exact) mass is 185 g/mol. The molecule has 2 nitrogen and oxygen atoms in total. The molecule has 0 aliphatic rings. The van der Waals surface area contributed by atoms with Crippen molar-refractivity contribution in [1.82, 2.24) is 5.73 Å². The highest BCUT2D eigenvalue weighted by molar-refractivity contribution is 4.47. The first-order valence-corrected chi connectivity index (χ1v) is 5.76. The van der Waals surface area contributed by atoms with Crippen molar-refractivity contribution < 1.29 is 0 Å². The fourth-order valence-electron chi connectivity index (χ4n) is 1.51. The minimum Gasteiger partial charge on any atom is -0.330 e. The molecule has 79 valence electrons. The van der Waals surface area contributed by atoms with Crippen LogP contribution in [0, 0.1) is 0 Å². The van der Waals surface area contributed by atoms with Crippen molar-refractivity contribution in [3.63, 3.8) is 0 Å². The second-order valence-electron chi connectivity index (χ2n) is 3.72. The molecular weight excluding hydrogens is 160 g/mol. The van der Waals surface area contributed by atoms with Crippen LogP contribution in [-0.4, -0.2) is 13.1 Å². The summed E-state index contributed by atoms with van der Waals surface area (Å²) in [5, 5.41) is 0. The Balaban J connectivity index is 2.76. The predicted molar refractivity (Wildman–Crippen MR) is 58.6 cm³/mol. The maximum atomic E-state index is 6.98. The molecule has 0 aromatic rings. The first kappa shape index (κ1) is 12.9. The highest BCUT2D eigenvalue weighted by Gasteiger charge is 1.91. The molecule has 0 heterocycles. The molecule has 0 rings (SSSR count). The van der Waals surface area contributed by atoms with Crippen LogP contribution in [0.3, 0.4) is 0 Å². The summed E-state index contributed by atoms with van der Waals surface area (Å²) in [5.74, 6) is 0. The zero-order valence-corrected chi connectivity index (χ0v) is 8.86. The molecule has 2 heteroatoms. The Bertz CT molecular complexity index is 74.2. The number of rotatable bonds is 10. The van der Waals surface area contributed by atoms with E-state index in [-0.39, 0.29) is 0 Å². The van der Waals surface area contributed by atoms with E-state index in [2.05, 4.69) is 0 Å². The summed E-state index contributed by atoms with van der Waals surface area (Å²) < 4.78 is 0. The topological polar surface area (TPSA) is 49.8 Å². The second-order valence-corrected chi connectivity index (χ2v) is 3.72. The van der Waals surface area contributed by atoms with Crippen LogP contribution in [-0.2, 0) is 0 Å². The van der Waals surface area contributed by atoms with E-state index in [1.165, 1.54) is 51.4 Å². The third-order valence-electron chi connectivity index (χ3n) is 2.38. The highest BCUT2D eigenvalue weighted by atomic mass is 14.5. The molecule has 0 aromatic heterocycles. The Hall–Kier alpha value is -0.0800. The third kappa shape index (κ3) is 11.9. The quantitative estimate of drug-likeness (QED) is 0.523. The van der Waals surface area contributed by atoms with Gasteiger partial charge in [0.15, 0.2) is 0 Å². The molecule has 0 amide bonds. The van der Waals surface area contributed by atoms with Crippen molar-refractivity contribution in [2.45, 2.75) is 57.8 Å². The van der Waals surface area contributed by atoms with Crippen molar-refractivity contribution in [2.75, 3.05) is 13.1 Å². The Labute approximate surface area is 83.1 Å². The van der Waals surface area contributed by atoms with Gasteiger partial charge in [-0.2, -0.15) is 0 Å². The van der Waals surface area contributed by atoms with Crippen molar-refractivity contribution in [2.24, 2.45) is 5.73 Å². The molecule has 0 aromatic carbocycles. The van der Waals surface area contributed by atoms with Crippen LogP contribution in [0.2, 0.25) is 0 Å². The first-order valence-electron chi connectivity index (χ1n) is 5.76. The van der Waals surface area contributed by atoms with Gasteiger partial charge in [0.2, 0.25) is 0 Å². The molecule has 0 saturated carbocycles. The zero-order valence-electron chi connectivity index (χ0n) is 8.86. The van der Waals surface area contributed by atoms with E-state index in [0.717, 1.165) is 13.0 Å². The summed E-state index contributed by atoms with van der Waals surface area (Å²) in [4.78, 5) is 0. The molecule has 0 aliphatic heterocycles. The molecule has 0 saturated heterocycles. The number of hydrogen-bond acceptors (Lipinski definition) is 1. The number of hydrogen-bond donors (Lipinski definition) is 1. The molecule has 0 unspecified atom stereocenters. The Morgan fingerprint density at radius 2 is 1.00 bits per heavy atom. The summed E-state index contributed by atoms with van der Waals surface area (Å²) in [5.41, 5.74) is 12.4. The van der Waals surface area contributed by atoms with Crippen LogP contribution >= 0.6 is 0 Å². The lowest BCUT2D eigenvalue weighted by atomic mass is 10.1. The molecule has 0 fully saturated rings. The fourth-order valence-corrected chi connectivity index (χ4v) is 1.51. The van der Waals surface area contributed by atoms with E-state index in [9.17, 15) is 0 Å². The summed E-state index contributed by atoms with van der Waals surface area (Å²) in [7, 11) is 0. The summed E-state index contributed by atoms with van der Waals surface area (Å²) in [6.07, 6.45) is 11.7. The lowest BCUT2D eigenvalue weighted by molar-refractivity contribution is 0.561. The van der Waals surface area contributed by atoms with Crippen molar-refractivity contribution in [3.05, 3.63) is 0 Å². The first-order chi connectivity index (χ1) is 6.41. The lowest BCUT2D eigenvalue weighted by Crippen LogP contribution is -1.97. The van der Waals surface area contributed by atoms with E-state index < -0.39 is 0 Å². The van der Waals surface area contributed by atoms with Gasteiger partial charge in [-0.05, 0) is 19.4 Å². The van der Waals surface area contributed by atoms with E-state index >= 15 is 0 Å². The molecular formula is C11H25N2. The van der Waals surface area contributed by atoms with Crippen LogP contribution in [0.5, 0.6) is 0 Å². The van der Waals surface area contributed by atoms with E-state index in [0.29, 0.717) is 6.54 Å². The smallest absolute Gasteiger partial charge is 0.00997 e. The average Bonchev–Trinajstić information content (AvgIpc) is 2.16. The van der Waals surface area contributed by atoms with Crippen LogP contribution in [0.15, 0.2) is 0 Å². The van der Waals surface area contributed by atoms with E-state index in [4.69, 9.17) is 11.5 Å². The van der Waals surface area contributed by atoms with Crippen LogP contribution in [0.4, 0.5) is 0 Å². The van der Waals surface area contributed by atoms with Gasteiger partial charge in [0.25, 0.3) is 0 Å². The van der Waals surface area contributed by atoms with Gasteiger partial charge in [-0.15, -0.1) is 0 Å². The van der Waals surface area contributed by atoms with Crippen LogP contribution in [0.1, 0.15) is 57.8 Å². The minimum absolute atomic E-state index is 0.608. The maximum Gasteiger partial charge on any atom is 0.00997 e. The zero-order chi connectivity index (χ0) is 9.78. The largest absolute Gasteiger partial charge is 0.330 e. The lowest BCUT2D eigenvalue weighted by Gasteiger charge is -2.00.